The van der Waals surface area contributed by atoms with Crippen molar-refractivity contribution in [2.24, 2.45) is 0 Å². The molecule has 6 heteroatoms. The van der Waals surface area contributed by atoms with Crippen molar-refractivity contribution in [1.82, 2.24) is 4.57 Å². The van der Waals surface area contributed by atoms with Crippen LogP contribution in [-0.4, -0.2) is 15.6 Å². The molecule has 0 saturated heterocycles. The Bertz CT molecular complexity index is 866. The molecule has 22 heavy (non-hydrogen) atoms. The summed E-state index contributed by atoms with van der Waals surface area (Å²) in [5.74, 6) is -1.94. The lowest BCUT2D eigenvalue weighted by atomic mass is 9.98. The Morgan fingerprint density at radius 2 is 2.14 bits per heavy atom. The highest BCUT2D eigenvalue weighted by Crippen LogP contribution is 2.39. The van der Waals surface area contributed by atoms with Crippen LogP contribution in [0.15, 0.2) is 11.0 Å². The molecule has 2 aromatic rings. The molecule has 0 amide bonds. The van der Waals surface area contributed by atoms with E-state index in [4.69, 9.17) is 5.73 Å². The number of carboxylic acids is 1. The second-order valence-electron chi connectivity index (χ2n) is 5.72. The third-order valence-corrected chi connectivity index (χ3v) is 4.34. The average Bonchev–Trinajstić information content (AvgIpc) is 3.29. The van der Waals surface area contributed by atoms with Gasteiger partial charge in [0.2, 0.25) is 5.43 Å². The maximum absolute atomic E-state index is 14.4. The van der Waals surface area contributed by atoms with Crippen molar-refractivity contribution in [3.63, 3.8) is 0 Å². The molecule has 0 spiro atoms. The Morgan fingerprint density at radius 1 is 1.50 bits per heavy atom. The Kier molecular flexibility index (Phi) is 3.20. The van der Waals surface area contributed by atoms with E-state index < -0.39 is 17.2 Å². The van der Waals surface area contributed by atoms with Gasteiger partial charge < -0.3 is 15.4 Å². The van der Waals surface area contributed by atoms with Gasteiger partial charge >= 0.3 is 5.97 Å². The number of nitrogen functional groups attached to an aromatic ring is 1. The highest BCUT2D eigenvalue weighted by Gasteiger charge is 2.29. The van der Waals surface area contributed by atoms with E-state index in [1.807, 2.05) is 6.92 Å². The molecule has 0 unspecified atom stereocenters. The van der Waals surface area contributed by atoms with Crippen LogP contribution in [0.3, 0.4) is 0 Å². The van der Waals surface area contributed by atoms with Crippen molar-refractivity contribution in [1.29, 1.82) is 0 Å². The maximum atomic E-state index is 14.4. The number of anilines is 1. The lowest BCUT2D eigenvalue weighted by molar-refractivity contribution is 0.0695. The smallest absolute Gasteiger partial charge is 0.341 e. The van der Waals surface area contributed by atoms with E-state index in [-0.39, 0.29) is 22.7 Å². The first kappa shape index (κ1) is 14.6. The molecule has 3 N–H and O–H groups in total. The average molecular weight is 304 g/mol. The van der Waals surface area contributed by atoms with Gasteiger partial charge in [-0.1, -0.05) is 6.92 Å². The topological polar surface area (TPSA) is 85.3 Å². The Labute approximate surface area is 126 Å². The van der Waals surface area contributed by atoms with Gasteiger partial charge in [0, 0.05) is 12.2 Å². The van der Waals surface area contributed by atoms with E-state index in [1.165, 1.54) is 6.20 Å². The quantitative estimate of drug-likeness (QED) is 0.854. The Balaban J connectivity index is 2.57. The summed E-state index contributed by atoms with van der Waals surface area (Å²) >= 11 is 0. The second kappa shape index (κ2) is 4.83. The predicted octanol–water partition coefficient (Wildman–Crippen LogP) is 2.63. The van der Waals surface area contributed by atoms with E-state index in [1.54, 1.807) is 11.5 Å². The fourth-order valence-corrected chi connectivity index (χ4v) is 3.06. The van der Waals surface area contributed by atoms with Crippen LogP contribution in [0.4, 0.5) is 10.1 Å². The fourth-order valence-electron chi connectivity index (χ4n) is 3.06. The van der Waals surface area contributed by atoms with Crippen LogP contribution in [0.5, 0.6) is 0 Å². The second-order valence-corrected chi connectivity index (χ2v) is 5.72. The van der Waals surface area contributed by atoms with Crippen LogP contribution in [0, 0.1) is 12.7 Å². The number of aryl methyl sites for hydroxylation is 1. The molecule has 1 aromatic heterocycles. The van der Waals surface area contributed by atoms with Gasteiger partial charge in [-0.2, -0.15) is 0 Å². The summed E-state index contributed by atoms with van der Waals surface area (Å²) in [6, 6.07) is 0.148. The largest absolute Gasteiger partial charge is 0.477 e. The monoisotopic (exact) mass is 304 g/mol. The first-order valence-corrected chi connectivity index (χ1v) is 7.27. The summed E-state index contributed by atoms with van der Waals surface area (Å²) in [5, 5.41) is 9.22. The number of hydrogen-bond donors (Lipinski definition) is 2. The van der Waals surface area contributed by atoms with Crippen LogP contribution >= 0.6 is 0 Å². The van der Waals surface area contributed by atoms with Crippen molar-refractivity contribution < 1.29 is 14.3 Å². The van der Waals surface area contributed by atoms with Gasteiger partial charge in [0.1, 0.15) is 11.4 Å². The zero-order valence-corrected chi connectivity index (χ0v) is 12.4. The summed E-state index contributed by atoms with van der Waals surface area (Å²) in [6.07, 6.45) is 3.65. The molecule has 5 nitrogen and oxygen atoms in total. The van der Waals surface area contributed by atoms with Gasteiger partial charge in [-0.15, -0.1) is 0 Å². The van der Waals surface area contributed by atoms with Gasteiger partial charge in [-0.3, -0.25) is 4.79 Å². The predicted molar refractivity (Wildman–Crippen MR) is 81.9 cm³/mol. The van der Waals surface area contributed by atoms with Crippen LogP contribution in [0.25, 0.3) is 10.9 Å². The maximum Gasteiger partial charge on any atom is 0.341 e. The normalized spacial score (nSPS) is 14.5. The zero-order chi connectivity index (χ0) is 16.2. The van der Waals surface area contributed by atoms with E-state index in [2.05, 4.69) is 0 Å². The summed E-state index contributed by atoms with van der Waals surface area (Å²) in [6.45, 7) is 3.57. The summed E-state index contributed by atoms with van der Waals surface area (Å²) in [7, 11) is 0. The number of nitrogens with zero attached hydrogens (tertiary/aromatic N) is 1. The molecule has 0 radical (unpaired) electrons. The molecule has 3 rings (SSSR count). The number of rotatable bonds is 3. The summed E-state index contributed by atoms with van der Waals surface area (Å²) < 4.78 is 16.2. The molecule has 1 aromatic carbocycles. The molecule has 1 aliphatic carbocycles. The molecule has 0 atom stereocenters. The molecule has 0 bridgehead atoms. The molecule has 0 aliphatic heterocycles. The van der Waals surface area contributed by atoms with Crippen LogP contribution in [0.1, 0.15) is 47.3 Å². The number of halogens is 1. The van der Waals surface area contributed by atoms with E-state index in [0.29, 0.717) is 23.1 Å². The first-order chi connectivity index (χ1) is 10.4. The van der Waals surface area contributed by atoms with Crippen molar-refractivity contribution in [3.05, 3.63) is 38.9 Å². The number of carboxylic acid groups (broad SMARTS) is 1. The SMILES string of the molecule is CCc1c(F)c(N)c2c(=O)c(C(=O)O)cn(C3CC3)c2c1C. The minimum atomic E-state index is -1.32. The minimum Gasteiger partial charge on any atom is -0.477 e. The van der Waals surface area contributed by atoms with Gasteiger partial charge in [0.05, 0.1) is 16.6 Å². The molecule has 116 valence electrons. The van der Waals surface area contributed by atoms with Gasteiger partial charge in [0.15, 0.2) is 0 Å². The van der Waals surface area contributed by atoms with Gasteiger partial charge in [-0.25, -0.2) is 9.18 Å². The molecule has 1 saturated carbocycles. The first-order valence-electron chi connectivity index (χ1n) is 7.27. The van der Waals surface area contributed by atoms with Crippen molar-refractivity contribution in [2.75, 3.05) is 5.73 Å². The summed E-state index contributed by atoms with van der Waals surface area (Å²) in [5.41, 5.74) is 6.20. The molecular formula is C16H17FN2O3. The number of aromatic carboxylic acids is 1. The zero-order valence-electron chi connectivity index (χ0n) is 12.4. The van der Waals surface area contributed by atoms with Crippen molar-refractivity contribution in [3.8, 4) is 0 Å². The number of nitrogens with two attached hydrogens (primary N) is 1. The minimum absolute atomic E-state index is 0.0148. The Morgan fingerprint density at radius 3 is 2.64 bits per heavy atom. The van der Waals surface area contributed by atoms with Gasteiger partial charge in [0.25, 0.3) is 0 Å². The van der Waals surface area contributed by atoms with Crippen LogP contribution in [0.2, 0.25) is 0 Å². The lowest BCUT2D eigenvalue weighted by Crippen LogP contribution is -2.21. The number of aromatic nitrogens is 1. The van der Waals surface area contributed by atoms with Crippen molar-refractivity contribution >= 4 is 22.6 Å². The number of carbonyl (C=O) groups is 1. The molecule has 1 fully saturated rings. The Hall–Kier alpha value is -2.37. The standard InChI is InChI=1S/C16H17FN2O3/c1-3-9-7(2)14-11(13(18)12(9)17)15(20)10(16(21)22)6-19(14)8-4-5-8/h6,8H,3-5,18H2,1-2H3,(H,21,22). The van der Waals surface area contributed by atoms with Crippen molar-refractivity contribution in [2.45, 2.75) is 39.2 Å². The third-order valence-electron chi connectivity index (χ3n) is 4.34. The molecular weight excluding hydrogens is 287 g/mol. The number of fused-ring (bicyclic) bond motifs is 1. The highest BCUT2D eigenvalue weighted by atomic mass is 19.1. The van der Waals surface area contributed by atoms with E-state index in [0.717, 1.165) is 12.8 Å². The third kappa shape index (κ3) is 1.90. The summed E-state index contributed by atoms with van der Waals surface area (Å²) in [4.78, 5) is 23.8. The van der Waals surface area contributed by atoms with Crippen LogP contribution in [-0.2, 0) is 6.42 Å². The van der Waals surface area contributed by atoms with Gasteiger partial charge in [-0.05, 0) is 37.3 Å². The number of benzene rings is 1. The molecule has 1 aliphatic rings. The highest BCUT2D eigenvalue weighted by molar-refractivity contribution is 5.99. The molecule has 1 heterocycles. The number of pyridine rings is 1. The van der Waals surface area contributed by atoms with E-state index >= 15 is 0 Å². The fraction of sp³-hybridized carbons (Fsp3) is 0.375. The van der Waals surface area contributed by atoms with E-state index in [9.17, 15) is 19.1 Å². The lowest BCUT2D eigenvalue weighted by Gasteiger charge is -2.18. The number of hydrogen-bond acceptors (Lipinski definition) is 3. The van der Waals surface area contributed by atoms with Crippen LogP contribution < -0.4 is 11.2 Å².